The molecule has 1 aromatic heterocycles. The number of hydrogen-bond donors (Lipinski definition) is 0. The van der Waals surface area contributed by atoms with Gasteiger partial charge < -0.3 is 4.57 Å². The molecule has 0 aliphatic rings. The van der Waals surface area contributed by atoms with Crippen LogP contribution >= 0.6 is 0 Å². The number of unbranched alkanes of at least 4 members (excludes halogenated alkanes) is 6. The molecule has 0 saturated heterocycles. The second-order valence-electron chi connectivity index (χ2n) is 8.10. The molecule has 2 heteroatoms. The lowest BCUT2D eigenvalue weighted by molar-refractivity contribution is 0.234. The van der Waals surface area contributed by atoms with Crippen LogP contribution in [0.2, 0.25) is 0 Å². The monoisotopic (exact) mass is 354 g/mol. The van der Waals surface area contributed by atoms with Crippen molar-refractivity contribution in [3.8, 4) is 0 Å². The van der Waals surface area contributed by atoms with Crippen LogP contribution in [0.25, 0.3) is 0 Å². The molecule has 0 radical (unpaired) electrons. The van der Waals surface area contributed by atoms with Crippen LogP contribution in [0.1, 0.15) is 83.7 Å². The van der Waals surface area contributed by atoms with E-state index >= 15 is 0 Å². The van der Waals surface area contributed by atoms with Crippen molar-refractivity contribution in [2.45, 2.75) is 84.6 Å². The minimum Gasteiger partial charge on any atom is -0.334 e. The highest BCUT2D eigenvalue weighted by Gasteiger charge is 2.25. The Bertz CT molecular complexity index is 559. The zero-order valence-electron chi connectivity index (χ0n) is 17.1. The molecule has 2 nitrogen and oxygen atoms in total. The SMILES string of the molecule is CCCCCCCCCC(Cc1ccccc1)C(C(C)C)n1ccnc1. The maximum atomic E-state index is 4.32. The molecule has 0 aliphatic heterocycles. The highest BCUT2D eigenvalue weighted by molar-refractivity contribution is 5.15. The number of rotatable bonds is 13. The smallest absolute Gasteiger partial charge is 0.0948 e. The van der Waals surface area contributed by atoms with Crippen LogP contribution in [-0.4, -0.2) is 9.55 Å². The predicted octanol–water partition coefficient (Wildman–Crippen LogP) is 7.08. The van der Waals surface area contributed by atoms with Crippen LogP contribution in [0.5, 0.6) is 0 Å². The number of hydrogen-bond acceptors (Lipinski definition) is 1. The molecule has 1 aromatic carbocycles. The first-order valence-electron chi connectivity index (χ1n) is 10.7. The molecular formula is C24H38N2. The van der Waals surface area contributed by atoms with Crippen LogP contribution in [0.3, 0.4) is 0 Å². The van der Waals surface area contributed by atoms with Crippen LogP contribution < -0.4 is 0 Å². The quantitative estimate of drug-likeness (QED) is 0.351. The Labute approximate surface area is 161 Å². The van der Waals surface area contributed by atoms with Crippen molar-refractivity contribution in [2.24, 2.45) is 11.8 Å². The van der Waals surface area contributed by atoms with E-state index in [0.717, 1.165) is 6.42 Å². The third-order valence-corrected chi connectivity index (χ3v) is 5.55. The zero-order chi connectivity index (χ0) is 18.6. The van der Waals surface area contributed by atoms with Crippen molar-refractivity contribution < 1.29 is 0 Å². The van der Waals surface area contributed by atoms with Crippen LogP contribution in [0.15, 0.2) is 49.1 Å². The van der Waals surface area contributed by atoms with Gasteiger partial charge in [0.05, 0.1) is 6.33 Å². The van der Waals surface area contributed by atoms with Gasteiger partial charge in [-0.05, 0) is 30.2 Å². The Balaban J connectivity index is 1.96. The average Bonchev–Trinajstić information content (AvgIpc) is 3.15. The van der Waals surface area contributed by atoms with Crippen molar-refractivity contribution >= 4 is 0 Å². The molecule has 0 fully saturated rings. The molecule has 2 unspecified atom stereocenters. The minimum atomic E-state index is 0.526. The summed E-state index contributed by atoms with van der Waals surface area (Å²) in [5.41, 5.74) is 1.46. The summed E-state index contributed by atoms with van der Waals surface area (Å²) < 4.78 is 2.35. The molecule has 144 valence electrons. The van der Waals surface area contributed by atoms with E-state index in [1.807, 2.05) is 12.5 Å². The summed E-state index contributed by atoms with van der Waals surface area (Å²) in [4.78, 5) is 4.32. The van der Waals surface area contributed by atoms with Crippen molar-refractivity contribution in [3.05, 3.63) is 54.6 Å². The Kier molecular flexibility index (Phi) is 9.52. The maximum Gasteiger partial charge on any atom is 0.0948 e. The Morgan fingerprint density at radius 3 is 2.23 bits per heavy atom. The van der Waals surface area contributed by atoms with Crippen molar-refractivity contribution in [1.82, 2.24) is 9.55 Å². The highest BCUT2D eigenvalue weighted by Crippen LogP contribution is 2.33. The fourth-order valence-corrected chi connectivity index (χ4v) is 4.25. The van der Waals surface area contributed by atoms with Gasteiger partial charge in [-0.25, -0.2) is 4.98 Å². The van der Waals surface area contributed by atoms with Gasteiger partial charge in [0.2, 0.25) is 0 Å². The molecule has 1 heterocycles. The minimum absolute atomic E-state index is 0.526. The van der Waals surface area contributed by atoms with Gasteiger partial charge in [0.15, 0.2) is 0 Å². The normalized spacial score (nSPS) is 13.8. The molecule has 0 N–H and O–H groups in total. The molecule has 26 heavy (non-hydrogen) atoms. The number of nitrogens with zero attached hydrogens (tertiary/aromatic N) is 2. The zero-order valence-corrected chi connectivity index (χ0v) is 17.1. The summed E-state index contributed by atoms with van der Waals surface area (Å²) in [6.45, 7) is 7.00. The van der Waals surface area contributed by atoms with E-state index in [0.29, 0.717) is 17.9 Å². The fourth-order valence-electron chi connectivity index (χ4n) is 4.25. The van der Waals surface area contributed by atoms with Gasteiger partial charge in [0.25, 0.3) is 0 Å². The summed E-state index contributed by atoms with van der Waals surface area (Å²) in [7, 11) is 0. The number of aromatic nitrogens is 2. The van der Waals surface area contributed by atoms with E-state index in [4.69, 9.17) is 0 Å². The first kappa shape index (κ1) is 20.7. The van der Waals surface area contributed by atoms with Crippen LogP contribution in [0, 0.1) is 11.8 Å². The van der Waals surface area contributed by atoms with Crippen molar-refractivity contribution in [2.75, 3.05) is 0 Å². The third kappa shape index (κ3) is 6.97. The molecular weight excluding hydrogens is 316 g/mol. The molecule has 2 atom stereocenters. The standard InChI is InChI=1S/C24H38N2/c1-4-5-6-7-8-9-13-16-23(19-22-14-11-10-12-15-22)24(21(2)3)26-18-17-25-20-26/h10-12,14-15,17-18,20-21,23-24H,4-9,13,16,19H2,1-3H3. The molecule has 0 bridgehead atoms. The molecule has 0 spiro atoms. The summed E-state index contributed by atoms with van der Waals surface area (Å²) >= 11 is 0. The molecule has 0 aliphatic carbocycles. The lowest BCUT2D eigenvalue weighted by Crippen LogP contribution is -2.25. The highest BCUT2D eigenvalue weighted by atomic mass is 15.1. The Hall–Kier alpha value is -1.57. The Morgan fingerprint density at radius 2 is 1.62 bits per heavy atom. The van der Waals surface area contributed by atoms with Gasteiger partial charge in [-0.1, -0.05) is 96.0 Å². The number of imidazole rings is 1. The van der Waals surface area contributed by atoms with E-state index in [9.17, 15) is 0 Å². The van der Waals surface area contributed by atoms with E-state index in [-0.39, 0.29) is 0 Å². The van der Waals surface area contributed by atoms with E-state index in [1.165, 1.54) is 56.9 Å². The van der Waals surface area contributed by atoms with Gasteiger partial charge >= 0.3 is 0 Å². The van der Waals surface area contributed by atoms with Crippen LogP contribution in [-0.2, 0) is 6.42 Å². The van der Waals surface area contributed by atoms with Gasteiger partial charge in [0.1, 0.15) is 0 Å². The van der Waals surface area contributed by atoms with Gasteiger partial charge in [-0.15, -0.1) is 0 Å². The first-order valence-corrected chi connectivity index (χ1v) is 10.7. The molecule has 2 aromatic rings. The first-order chi connectivity index (χ1) is 12.7. The topological polar surface area (TPSA) is 17.8 Å². The summed E-state index contributed by atoms with van der Waals surface area (Å²) in [6, 6.07) is 11.5. The van der Waals surface area contributed by atoms with Crippen molar-refractivity contribution in [1.29, 1.82) is 0 Å². The summed E-state index contributed by atoms with van der Waals surface area (Å²) in [6.07, 6.45) is 18.2. The molecule has 2 rings (SSSR count). The van der Waals surface area contributed by atoms with Gasteiger partial charge in [0, 0.05) is 18.4 Å². The summed E-state index contributed by atoms with van der Waals surface area (Å²) in [5, 5.41) is 0. The van der Waals surface area contributed by atoms with Gasteiger partial charge in [-0.3, -0.25) is 0 Å². The largest absolute Gasteiger partial charge is 0.334 e. The van der Waals surface area contributed by atoms with Crippen molar-refractivity contribution in [3.63, 3.8) is 0 Å². The molecule has 0 saturated carbocycles. The number of benzene rings is 1. The predicted molar refractivity (Wildman–Crippen MR) is 112 cm³/mol. The summed E-state index contributed by atoms with van der Waals surface area (Å²) in [5.74, 6) is 1.28. The fraction of sp³-hybridized carbons (Fsp3) is 0.625. The van der Waals surface area contributed by atoms with E-state index in [1.54, 1.807) is 0 Å². The van der Waals surface area contributed by atoms with Gasteiger partial charge in [-0.2, -0.15) is 0 Å². The lowest BCUT2D eigenvalue weighted by Gasteiger charge is -2.32. The van der Waals surface area contributed by atoms with E-state index in [2.05, 4.69) is 66.9 Å². The maximum absolute atomic E-state index is 4.32. The Morgan fingerprint density at radius 1 is 0.923 bits per heavy atom. The lowest BCUT2D eigenvalue weighted by atomic mass is 9.82. The van der Waals surface area contributed by atoms with Crippen LogP contribution in [0.4, 0.5) is 0 Å². The second kappa shape index (κ2) is 11.9. The molecule has 0 amide bonds. The third-order valence-electron chi connectivity index (χ3n) is 5.55. The second-order valence-corrected chi connectivity index (χ2v) is 8.10. The van der Waals surface area contributed by atoms with E-state index < -0.39 is 0 Å². The average molecular weight is 355 g/mol.